The minimum Gasteiger partial charge on any atom is -0.341 e. The summed E-state index contributed by atoms with van der Waals surface area (Å²) < 4.78 is 0. The van der Waals surface area contributed by atoms with Crippen LogP contribution < -0.4 is 0 Å². The zero-order valence-electron chi connectivity index (χ0n) is 12.6. The smallest absolute Gasteiger partial charge is 0.236 e. The molecule has 0 aromatic heterocycles. The molecular formula is C15H30N2O. The van der Waals surface area contributed by atoms with Crippen molar-refractivity contribution < 1.29 is 4.79 Å². The third-order valence-corrected chi connectivity index (χ3v) is 4.14. The number of nitrogens with zero attached hydrogens (tertiary/aromatic N) is 2. The highest BCUT2D eigenvalue weighted by Gasteiger charge is 2.26. The number of rotatable bonds is 3. The van der Waals surface area contributed by atoms with Gasteiger partial charge >= 0.3 is 0 Å². The van der Waals surface area contributed by atoms with E-state index < -0.39 is 0 Å². The van der Waals surface area contributed by atoms with Crippen molar-refractivity contribution in [1.29, 1.82) is 0 Å². The highest BCUT2D eigenvalue weighted by atomic mass is 16.2. The van der Waals surface area contributed by atoms with Crippen LogP contribution in [0.3, 0.4) is 0 Å². The van der Waals surface area contributed by atoms with Gasteiger partial charge in [0.2, 0.25) is 5.91 Å². The lowest BCUT2D eigenvalue weighted by Crippen LogP contribution is -2.48. The van der Waals surface area contributed by atoms with E-state index in [4.69, 9.17) is 0 Å². The van der Waals surface area contributed by atoms with Crippen LogP contribution in [0.5, 0.6) is 0 Å². The Bertz CT molecular complexity index is 241. The Morgan fingerprint density at radius 3 is 2.06 bits per heavy atom. The van der Waals surface area contributed by atoms with Crippen LogP contribution in [0.15, 0.2) is 0 Å². The topological polar surface area (TPSA) is 23.6 Å². The van der Waals surface area contributed by atoms with Gasteiger partial charge in [-0.2, -0.15) is 0 Å². The van der Waals surface area contributed by atoms with Gasteiger partial charge in [-0.3, -0.25) is 9.69 Å². The van der Waals surface area contributed by atoms with Crippen molar-refractivity contribution in [3.05, 3.63) is 0 Å². The lowest BCUT2D eigenvalue weighted by molar-refractivity contribution is -0.136. The van der Waals surface area contributed by atoms with Crippen LogP contribution in [0.25, 0.3) is 0 Å². The first kappa shape index (κ1) is 15.5. The van der Waals surface area contributed by atoms with E-state index in [1.807, 2.05) is 18.7 Å². The van der Waals surface area contributed by atoms with Gasteiger partial charge in [0.1, 0.15) is 0 Å². The molecule has 2 aliphatic heterocycles. The molecule has 0 unspecified atom stereocenters. The molecule has 3 heteroatoms. The zero-order chi connectivity index (χ0) is 13.5. The third kappa shape index (κ3) is 4.27. The van der Waals surface area contributed by atoms with Gasteiger partial charge in [-0.15, -0.1) is 0 Å². The van der Waals surface area contributed by atoms with Crippen LogP contribution in [0.2, 0.25) is 0 Å². The number of carbonyl (C=O) groups is 1. The number of carbonyl (C=O) groups excluding carboxylic acids is 1. The average molecular weight is 254 g/mol. The Labute approximate surface area is 113 Å². The molecule has 0 atom stereocenters. The molecule has 3 nitrogen and oxygen atoms in total. The lowest BCUT2D eigenvalue weighted by atomic mass is 9.87. The van der Waals surface area contributed by atoms with Crippen molar-refractivity contribution in [3.8, 4) is 0 Å². The van der Waals surface area contributed by atoms with Gasteiger partial charge in [-0.25, -0.2) is 0 Å². The Morgan fingerprint density at radius 1 is 1.11 bits per heavy atom. The average Bonchev–Trinajstić information content (AvgIpc) is 2.30. The summed E-state index contributed by atoms with van der Waals surface area (Å²) in [6.07, 6.45) is 3.73. The van der Waals surface area contributed by atoms with E-state index in [9.17, 15) is 4.79 Å². The van der Waals surface area contributed by atoms with Crippen LogP contribution >= 0.6 is 0 Å². The highest BCUT2D eigenvalue weighted by molar-refractivity contribution is 5.78. The van der Waals surface area contributed by atoms with E-state index in [2.05, 4.69) is 18.7 Å². The molecule has 0 bridgehead atoms. The van der Waals surface area contributed by atoms with Crippen LogP contribution in [-0.4, -0.2) is 48.4 Å². The van der Waals surface area contributed by atoms with Crippen molar-refractivity contribution in [2.75, 3.05) is 32.7 Å². The molecule has 0 aromatic carbocycles. The van der Waals surface area contributed by atoms with Gasteiger partial charge in [0.25, 0.3) is 0 Å². The van der Waals surface area contributed by atoms with Gasteiger partial charge in [0, 0.05) is 13.1 Å². The predicted molar refractivity (Wildman–Crippen MR) is 76.5 cm³/mol. The number of amides is 1. The molecule has 0 radical (unpaired) electrons. The van der Waals surface area contributed by atoms with Gasteiger partial charge in [0.05, 0.1) is 6.54 Å². The van der Waals surface area contributed by atoms with E-state index in [-0.39, 0.29) is 0 Å². The molecule has 106 valence electrons. The summed E-state index contributed by atoms with van der Waals surface area (Å²) in [6.45, 7) is 13.5. The molecule has 2 fully saturated rings. The minimum atomic E-state index is 0.342. The van der Waals surface area contributed by atoms with E-state index in [1.165, 1.54) is 19.3 Å². The first-order valence-corrected chi connectivity index (χ1v) is 7.67. The highest BCUT2D eigenvalue weighted by Crippen LogP contribution is 2.24. The second-order valence-corrected chi connectivity index (χ2v) is 5.59. The molecule has 18 heavy (non-hydrogen) atoms. The van der Waals surface area contributed by atoms with Crippen molar-refractivity contribution in [2.45, 2.75) is 47.0 Å². The summed E-state index contributed by atoms with van der Waals surface area (Å²) in [5, 5.41) is 0. The van der Waals surface area contributed by atoms with Crippen LogP contribution in [0.1, 0.15) is 47.0 Å². The standard InChI is InChI=1S/C13H24N2O.C2H6/c1-11(2)12-4-8-14(9-5-12)10-13(16)15-6-3-7-15;1-2/h11-12H,3-10H2,1-2H3;1-2H3. The van der Waals surface area contributed by atoms with Crippen LogP contribution in [0, 0.1) is 11.8 Å². The largest absolute Gasteiger partial charge is 0.341 e. The first-order chi connectivity index (χ1) is 8.66. The van der Waals surface area contributed by atoms with Gasteiger partial charge < -0.3 is 4.90 Å². The van der Waals surface area contributed by atoms with Crippen LogP contribution in [-0.2, 0) is 4.79 Å². The number of hydrogen-bond donors (Lipinski definition) is 0. The fraction of sp³-hybridized carbons (Fsp3) is 0.933. The van der Waals surface area contributed by atoms with Crippen LogP contribution in [0.4, 0.5) is 0 Å². The Morgan fingerprint density at radius 2 is 1.67 bits per heavy atom. The fourth-order valence-electron chi connectivity index (χ4n) is 2.63. The number of hydrogen-bond acceptors (Lipinski definition) is 2. The summed E-state index contributed by atoms with van der Waals surface area (Å²) >= 11 is 0. The summed E-state index contributed by atoms with van der Waals surface area (Å²) in [5.74, 6) is 2.01. The maximum Gasteiger partial charge on any atom is 0.236 e. The quantitative estimate of drug-likeness (QED) is 0.773. The van der Waals surface area contributed by atoms with E-state index in [0.717, 1.165) is 38.0 Å². The summed E-state index contributed by atoms with van der Waals surface area (Å²) in [4.78, 5) is 16.1. The van der Waals surface area contributed by atoms with Gasteiger partial charge in [0.15, 0.2) is 0 Å². The summed E-state index contributed by atoms with van der Waals surface area (Å²) in [6, 6.07) is 0. The Kier molecular flexibility index (Phi) is 6.69. The van der Waals surface area contributed by atoms with Crippen molar-refractivity contribution in [2.24, 2.45) is 11.8 Å². The number of piperidine rings is 1. The first-order valence-electron chi connectivity index (χ1n) is 7.67. The molecule has 2 saturated heterocycles. The lowest BCUT2D eigenvalue weighted by Gasteiger charge is -2.36. The van der Waals surface area contributed by atoms with Crippen molar-refractivity contribution in [3.63, 3.8) is 0 Å². The summed E-state index contributed by atoms with van der Waals surface area (Å²) in [7, 11) is 0. The fourth-order valence-corrected chi connectivity index (χ4v) is 2.63. The maximum atomic E-state index is 11.8. The minimum absolute atomic E-state index is 0.342. The van der Waals surface area contributed by atoms with Gasteiger partial charge in [-0.1, -0.05) is 27.7 Å². The van der Waals surface area contributed by atoms with E-state index in [0.29, 0.717) is 12.5 Å². The maximum absolute atomic E-state index is 11.8. The summed E-state index contributed by atoms with van der Waals surface area (Å²) in [5.41, 5.74) is 0. The molecule has 2 heterocycles. The monoisotopic (exact) mass is 254 g/mol. The van der Waals surface area contributed by atoms with E-state index >= 15 is 0 Å². The third-order valence-electron chi connectivity index (χ3n) is 4.14. The molecule has 2 aliphatic rings. The Balaban J connectivity index is 0.000000771. The van der Waals surface area contributed by atoms with Crippen molar-refractivity contribution >= 4 is 5.91 Å². The van der Waals surface area contributed by atoms with Crippen molar-refractivity contribution in [1.82, 2.24) is 9.80 Å². The molecular weight excluding hydrogens is 224 g/mol. The van der Waals surface area contributed by atoms with Gasteiger partial charge in [-0.05, 0) is 44.2 Å². The molecule has 0 N–H and O–H groups in total. The molecule has 0 aromatic rings. The Hall–Kier alpha value is -0.570. The molecule has 0 aliphatic carbocycles. The molecule has 1 amide bonds. The molecule has 0 saturated carbocycles. The number of likely N-dealkylation sites (tertiary alicyclic amines) is 2. The molecule has 0 spiro atoms. The second-order valence-electron chi connectivity index (χ2n) is 5.59. The second kappa shape index (κ2) is 7.78. The van der Waals surface area contributed by atoms with E-state index in [1.54, 1.807) is 0 Å². The SMILES string of the molecule is CC.CC(C)C1CCN(CC(=O)N2CCC2)CC1. The zero-order valence-corrected chi connectivity index (χ0v) is 12.6. The molecule has 2 rings (SSSR count). The predicted octanol–water partition coefficient (Wildman–Crippen LogP) is 2.61. The normalized spacial score (nSPS) is 21.3.